The van der Waals surface area contributed by atoms with Gasteiger partial charge in [0.25, 0.3) is 0 Å². The van der Waals surface area contributed by atoms with Gasteiger partial charge in [-0.25, -0.2) is 0 Å². The third kappa shape index (κ3) is 24.0. The monoisotopic (exact) mass is 584 g/mol. The Morgan fingerprint density at radius 3 is 1.58 bits per heavy atom. The molecule has 2 nitrogen and oxygen atoms in total. The largest absolute Gasteiger partial charge is 0.379 e. The van der Waals surface area contributed by atoms with E-state index < -0.39 is 0 Å². The van der Waals surface area contributed by atoms with Crippen LogP contribution in [0.2, 0.25) is 0 Å². The quantitative estimate of drug-likeness (QED) is 0.0857. The van der Waals surface area contributed by atoms with Gasteiger partial charge >= 0.3 is 0 Å². The van der Waals surface area contributed by atoms with Gasteiger partial charge in [0.2, 0.25) is 0 Å². The van der Waals surface area contributed by atoms with Crippen molar-refractivity contribution in [2.24, 2.45) is 0 Å². The van der Waals surface area contributed by atoms with E-state index >= 15 is 0 Å². The Morgan fingerprint density at radius 1 is 0.581 bits per heavy atom. The summed E-state index contributed by atoms with van der Waals surface area (Å²) in [5.41, 5.74) is 8.28. The van der Waals surface area contributed by atoms with E-state index in [9.17, 15) is 4.79 Å². The number of carbonyl (C=O) groups is 1. The lowest BCUT2D eigenvalue weighted by molar-refractivity contribution is -0.116. The summed E-state index contributed by atoms with van der Waals surface area (Å²) >= 11 is 0. The molecule has 0 spiro atoms. The average molecular weight is 585 g/mol. The molecule has 0 atom stereocenters. The highest BCUT2D eigenvalue weighted by molar-refractivity contribution is 5.95. The zero-order chi connectivity index (χ0) is 32.7. The Kier molecular flexibility index (Phi) is 21.5. The first-order chi connectivity index (χ1) is 20.3. The second-order valence-electron chi connectivity index (χ2n) is 12.4. The SMILES string of the molecule is COC(C)(C)CCC(=O)C(C)=CC=CC(C)=CC=CC(C)=CC=CC=C(C)C=CC=C(C)CCC=C(C)CCC=C(C)C. The van der Waals surface area contributed by atoms with Crippen LogP contribution in [0.15, 0.2) is 130 Å². The summed E-state index contributed by atoms with van der Waals surface area (Å²) in [5, 5.41) is 0. The zero-order valence-electron chi connectivity index (χ0n) is 29.2. The summed E-state index contributed by atoms with van der Waals surface area (Å²) in [6.45, 7) is 20.9. The van der Waals surface area contributed by atoms with Gasteiger partial charge in [-0.05, 0) is 107 Å². The summed E-state index contributed by atoms with van der Waals surface area (Å²) in [5.74, 6) is 0.161. The Labute approximate surface area is 265 Å². The number of ether oxygens (including phenoxy) is 1. The van der Waals surface area contributed by atoms with Crippen LogP contribution in [0, 0.1) is 0 Å². The summed E-state index contributed by atoms with van der Waals surface area (Å²) in [6, 6.07) is 0. The van der Waals surface area contributed by atoms with Gasteiger partial charge in [-0.2, -0.15) is 0 Å². The van der Waals surface area contributed by atoms with Gasteiger partial charge in [0.05, 0.1) is 5.60 Å². The minimum absolute atomic E-state index is 0.161. The van der Waals surface area contributed by atoms with Gasteiger partial charge < -0.3 is 4.74 Å². The second kappa shape index (κ2) is 23.3. The molecule has 0 aliphatic rings. The van der Waals surface area contributed by atoms with E-state index in [1.807, 2.05) is 45.1 Å². The van der Waals surface area contributed by atoms with Crippen LogP contribution < -0.4 is 0 Å². The van der Waals surface area contributed by atoms with Crippen molar-refractivity contribution in [3.8, 4) is 0 Å². The maximum Gasteiger partial charge on any atom is 0.158 e. The summed E-state index contributed by atoms with van der Waals surface area (Å²) in [4.78, 5) is 12.3. The lowest BCUT2D eigenvalue weighted by atomic mass is 9.98. The highest BCUT2D eigenvalue weighted by Gasteiger charge is 2.18. The number of rotatable bonds is 19. The molecule has 0 radical (unpaired) electrons. The Bertz CT molecular complexity index is 1190. The molecule has 0 amide bonds. The molecule has 0 unspecified atom stereocenters. The molecular weight excluding hydrogens is 524 g/mol. The fraction of sp³-hybridized carbons (Fsp3) is 0.439. The molecule has 0 fully saturated rings. The number of hydrogen-bond acceptors (Lipinski definition) is 2. The molecule has 0 saturated carbocycles. The molecule has 2 heteroatoms. The molecule has 236 valence electrons. The van der Waals surface area contributed by atoms with E-state index in [4.69, 9.17) is 4.74 Å². The van der Waals surface area contributed by atoms with E-state index in [0.29, 0.717) is 12.8 Å². The molecule has 43 heavy (non-hydrogen) atoms. The van der Waals surface area contributed by atoms with Crippen molar-refractivity contribution in [3.05, 3.63) is 130 Å². The Hall–Kier alpha value is -3.23. The molecule has 0 bridgehead atoms. The van der Waals surface area contributed by atoms with Crippen LogP contribution in [0.4, 0.5) is 0 Å². The zero-order valence-corrected chi connectivity index (χ0v) is 29.2. The maximum atomic E-state index is 12.3. The molecule has 0 aliphatic carbocycles. The highest BCUT2D eigenvalue weighted by atomic mass is 16.5. The topological polar surface area (TPSA) is 26.3 Å². The van der Waals surface area contributed by atoms with Gasteiger partial charge in [0, 0.05) is 13.5 Å². The van der Waals surface area contributed by atoms with Gasteiger partial charge in [-0.3, -0.25) is 4.79 Å². The van der Waals surface area contributed by atoms with Crippen molar-refractivity contribution >= 4 is 5.78 Å². The summed E-state index contributed by atoms with van der Waals surface area (Å²) in [6.07, 6.45) is 37.3. The molecule has 0 N–H and O–H groups in total. The lowest BCUT2D eigenvalue weighted by Crippen LogP contribution is -2.23. The molecule has 0 rings (SSSR count). The van der Waals surface area contributed by atoms with Crippen molar-refractivity contribution in [2.75, 3.05) is 7.11 Å². The molecule has 0 aromatic rings. The third-order valence-electron chi connectivity index (χ3n) is 7.06. The first-order valence-electron chi connectivity index (χ1n) is 15.7. The lowest BCUT2D eigenvalue weighted by Gasteiger charge is -2.22. The normalized spacial score (nSPS) is 15.1. The number of carbonyl (C=O) groups excluding carboxylic acids is 1. The van der Waals surface area contributed by atoms with Crippen LogP contribution in [0.5, 0.6) is 0 Å². The minimum atomic E-state index is -0.272. The van der Waals surface area contributed by atoms with E-state index in [2.05, 4.69) is 115 Å². The molecule has 0 saturated heterocycles. The third-order valence-corrected chi connectivity index (χ3v) is 7.06. The van der Waals surface area contributed by atoms with Crippen LogP contribution in [0.25, 0.3) is 0 Å². The van der Waals surface area contributed by atoms with Crippen molar-refractivity contribution < 1.29 is 9.53 Å². The summed E-state index contributed by atoms with van der Waals surface area (Å²) in [7, 11) is 1.68. The van der Waals surface area contributed by atoms with Gasteiger partial charge in [-0.1, -0.05) is 125 Å². The van der Waals surface area contributed by atoms with E-state index in [-0.39, 0.29) is 11.4 Å². The van der Waals surface area contributed by atoms with Crippen LogP contribution in [-0.4, -0.2) is 18.5 Å². The predicted molar refractivity (Wildman–Crippen MR) is 192 cm³/mol. The van der Waals surface area contributed by atoms with Crippen molar-refractivity contribution in [3.63, 3.8) is 0 Å². The van der Waals surface area contributed by atoms with Crippen molar-refractivity contribution in [2.45, 2.75) is 113 Å². The number of hydrogen-bond donors (Lipinski definition) is 0. The van der Waals surface area contributed by atoms with Crippen molar-refractivity contribution in [1.82, 2.24) is 0 Å². The second-order valence-corrected chi connectivity index (χ2v) is 12.4. The fourth-order valence-corrected chi connectivity index (χ4v) is 3.77. The molecule has 0 heterocycles. The van der Waals surface area contributed by atoms with E-state index in [1.54, 1.807) is 7.11 Å². The molecule has 0 aromatic heterocycles. The first-order valence-corrected chi connectivity index (χ1v) is 15.7. The Balaban J connectivity index is 4.70. The predicted octanol–water partition coefficient (Wildman–Crippen LogP) is 12.2. The number of ketones is 1. The van der Waals surface area contributed by atoms with Crippen LogP contribution in [0.3, 0.4) is 0 Å². The van der Waals surface area contributed by atoms with Gasteiger partial charge in [0.15, 0.2) is 5.78 Å². The molecule has 0 aliphatic heterocycles. The summed E-state index contributed by atoms with van der Waals surface area (Å²) < 4.78 is 5.40. The van der Waals surface area contributed by atoms with Gasteiger partial charge in [-0.15, -0.1) is 0 Å². The van der Waals surface area contributed by atoms with Crippen LogP contribution in [0.1, 0.15) is 108 Å². The Morgan fingerprint density at radius 2 is 1.05 bits per heavy atom. The highest BCUT2D eigenvalue weighted by Crippen LogP contribution is 2.17. The number of Topliss-reactive ketones (excluding diaryl/α,β-unsaturated/α-hetero) is 1. The first kappa shape index (κ1) is 39.8. The number of allylic oxidation sites excluding steroid dienone is 22. The van der Waals surface area contributed by atoms with Crippen LogP contribution in [-0.2, 0) is 9.53 Å². The van der Waals surface area contributed by atoms with Crippen LogP contribution >= 0.6 is 0 Å². The minimum Gasteiger partial charge on any atom is -0.379 e. The standard InChI is InChI=1S/C41H60O2/c1-33(2)19-14-22-36(5)25-17-27-37(6)26-15-23-34(3)20-12-13-21-35(4)24-16-28-38(7)29-18-30-39(8)40(42)31-32-41(9,10)43-11/h12-13,15-16,18-21,23-26,28-30H,14,17,22,27,31-32H2,1-11H3. The van der Waals surface area contributed by atoms with E-state index in [0.717, 1.165) is 36.8 Å². The van der Waals surface area contributed by atoms with E-state index in [1.165, 1.54) is 27.9 Å². The maximum absolute atomic E-state index is 12.3. The number of methoxy groups -OCH3 is 1. The molecule has 0 aromatic carbocycles. The van der Waals surface area contributed by atoms with Crippen molar-refractivity contribution in [1.29, 1.82) is 0 Å². The molecular formula is C41H60O2. The smallest absolute Gasteiger partial charge is 0.158 e. The average Bonchev–Trinajstić information content (AvgIpc) is 2.93. The fourth-order valence-electron chi connectivity index (χ4n) is 3.77. The van der Waals surface area contributed by atoms with Gasteiger partial charge in [0.1, 0.15) is 0 Å².